The Balaban J connectivity index is 0.000000351. The van der Waals surface area contributed by atoms with E-state index in [0.29, 0.717) is 6.42 Å². The van der Waals surface area contributed by atoms with E-state index in [2.05, 4.69) is 23.9 Å². The molecular formula is C15H25N3O5S. The molecule has 2 amide bonds. The maximum atomic E-state index is 11.3. The van der Waals surface area contributed by atoms with Gasteiger partial charge in [0.25, 0.3) is 0 Å². The average Bonchev–Trinajstić information content (AvgIpc) is 2.52. The van der Waals surface area contributed by atoms with Gasteiger partial charge in [0, 0.05) is 0 Å². The minimum absolute atomic E-state index is 0.00924. The standard InChI is InChI=1S/C9H10N2O5S.C6H15N/c10-9(15)16-3-4-1-5(8(13)14)11-6(12)2-7(11)17-4;1-3-5-7-6-4-2/h1,4,7H,2-3H2,(H2,10,15)(H,13,14);7H,3-6H2,1-2H3/t4?,7-;/m1./s1. The van der Waals surface area contributed by atoms with Crippen LogP contribution >= 0.6 is 11.8 Å². The number of rotatable bonds is 7. The highest BCUT2D eigenvalue weighted by atomic mass is 32.2. The van der Waals surface area contributed by atoms with Crippen LogP contribution in [0.3, 0.4) is 0 Å². The summed E-state index contributed by atoms with van der Waals surface area (Å²) in [6, 6.07) is 0. The summed E-state index contributed by atoms with van der Waals surface area (Å²) in [5, 5.41) is 11.8. The van der Waals surface area contributed by atoms with Gasteiger partial charge >= 0.3 is 12.1 Å². The molecule has 0 saturated carbocycles. The minimum Gasteiger partial charge on any atom is -0.477 e. The van der Waals surface area contributed by atoms with Gasteiger partial charge in [-0.1, -0.05) is 13.8 Å². The van der Waals surface area contributed by atoms with Crippen LogP contribution in [0, 0.1) is 0 Å². The number of nitrogens with two attached hydrogens (primary N) is 1. The topological polar surface area (TPSA) is 122 Å². The van der Waals surface area contributed by atoms with Crippen molar-refractivity contribution < 1.29 is 24.2 Å². The SMILES string of the molecule is CCCNCCC.NC(=O)OCC1C=C(C(=O)O)N2C(=O)C[C@H]2S1. The number of fused-ring (bicyclic) bond motifs is 1. The summed E-state index contributed by atoms with van der Waals surface area (Å²) in [6.45, 7) is 6.72. The number of β-lactam (4-membered cyclic amide) rings is 1. The Kier molecular flexibility index (Phi) is 8.62. The highest BCUT2D eigenvalue weighted by Crippen LogP contribution is 2.40. The van der Waals surface area contributed by atoms with E-state index < -0.39 is 12.1 Å². The number of thioether (sulfide) groups is 1. The Morgan fingerprint density at radius 3 is 2.50 bits per heavy atom. The number of nitrogens with zero attached hydrogens (tertiary/aromatic N) is 1. The zero-order valence-electron chi connectivity index (χ0n) is 14.0. The smallest absolute Gasteiger partial charge is 0.404 e. The largest absolute Gasteiger partial charge is 0.477 e. The van der Waals surface area contributed by atoms with E-state index in [4.69, 9.17) is 10.8 Å². The first-order chi connectivity index (χ1) is 11.4. The molecule has 0 aromatic carbocycles. The number of carboxylic acid groups (broad SMARTS) is 1. The molecule has 8 nitrogen and oxygen atoms in total. The zero-order chi connectivity index (χ0) is 18.1. The summed E-state index contributed by atoms with van der Waals surface area (Å²) in [5.41, 5.74) is 4.78. The van der Waals surface area contributed by atoms with Crippen LogP contribution in [0.15, 0.2) is 11.8 Å². The second kappa shape index (κ2) is 10.2. The van der Waals surface area contributed by atoms with Crippen molar-refractivity contribution in [3.05, 3.63) is 11.8 Å². The summed E-state index contributed by atoms with van der Waals surface area (Å²) in [7, 11) is 0. The van der Waals surface area contributed by atoms with Crippen LogP contribution in [0.4, 0.5) is 4.79 Å². The number of hydrogen-bond donors (Lipinski definition) is 3. The average molecular weight is 359 g/mol. The van der Waals surface area contributed by atoms with Crippen LogP contribution in [-0.2, 0) is 14.3 Å². The number of hydrogen-bond acceptors (Lipinski definition) is 6. The number of carbonyl (C=O) groups is 3. The predicted molar refractivity (Wildman–Crippen MR) is 91.3 cm³/mol. The Hall–Kier alpha value is -1.74. The van der Waals surface area contributed by atoms with Crippen molar-refractivity contribution in [1.82, 2.24) is 10.2 Å². The second-order valence-electron chi connectivity index (χ2n) is 5.33. The lowest BCUT2D eigenvalue weighted by atomic mass is 10.1. The molecule has 24 heavy (non-hydrogen) atoms. The van der Waals surface area contributed by atoms with Gasteiger partial charge in [-0.25, -0.2) is 9.59 Å². The molecule has 136 valence electrons. The molecule has 2 heterocycles. The monoisotopic (exact) mass is 359 g/mol. The van der Waals surface area contributed by atoms with Gasteiger partial charge in [0.15, 0.2) is 0 Å². The van der Waals surface area contributed by atoms with Gasteiger partial charge in [0.05, 0.1) is 17.0 Å². The normalized spacial score (nSPS) is 21.7. The van der Waals surface area contributed by atoms with Crippen LogP contribution in [0.5, 0.6) is 0 Å². The van der Waals surface area contributed by atoms with Crippen LogP contribution in [0.25, 0.3) is 0 Å². The van der Waals surface area contributed by atoms with Gasteiger partial charge < -0.3 is 20.9 Å². The summed E-state index contributed by atoms with van der Waals surface area (Å²) < 4.78 is 4.62. The van der Waals surface area contributed by atoms with Gasteiger partial charge in [-0.2, -0.15) is 0 Å². The van der Waals surface area contributed by atoms with Gasteiger partial charge in [-0.15, -0.1) is 11.8 Å². The molecule has 1 saturated heterocycles. The lowest BCUT2D eigenvalue weighted by Crippen LogP contribution is -2.54. The molecule has 2 atom stereocenters. The number of aliphatic carboxylic acids is 1. The zero-order valence-corrected chi connectivity index (χ0v) is 14.8. The van der Waals surface area contributed by atoms with Crippen LogP contribution < -0.4 is 11.1 Å². The fraction of sp³-hybridized carbons (Fsp3) is 0.667. The van der Waals surface area contributed by atoms with Gasteiger partial charge in [-0.05, 0) is 32.0 Å². The molecule has 0 aliphatic carbocycles. The molecule has 0 aromatic heterocycles. The van der Waals surface area contributed by atoms with E-state index >= 15 is 0 Å². The van der Waals surface area contributed by atoms with Crippen molar-refractivity contribution in [3.8, 4) is 0 Å². The third-order valence-corrected chi connectivity index (χ3v) is 4.62. The highest BCUT2D eigenvalue weighted by Gasteiger charge is 2.45. The first-order valence-electron chi connectivity index (χ1n) is 7.96. The number of carboxylic acids is 1. The first kappa shape index (κ1) is 20.3. The molecular weight excluding hydrogens is 334 g/mol. The number of nitrogens with one attached hydrogen (secondary N) is 1. The lowest BCUT2D eigenvalue weighted by Gasteiger charge is -2.44. The Morgan fingerprint density at radius 2 is 2.04 bits per heavy atom. The second-order valence-corrected chi connectivity index (χ2v) is 6.76. The van der Waals surface area contributed by atoms with Crippen molar-refractivity contribution in [2.24, 2.45) is 5.73 Å². The van der Waals surface area contributed by atoms with Gasteiger partial charge in [0.1, 0.15) is 12.3 Å². The predicted octanol–water partition coefficient (Wildman–Crippen LogP) is 1.12. The molecule has 0 spiro atoms. The van der Waals surface area contributed by atoms with E-state index in [9.17, 15) is 14.4 Å². The summed E-state index contributed by atoms with van der Waals surface area (Å²) in [4.78, 5) is 33.9. The third kappa shape index (κ3) is 6.04. The van der Waals surface area contributed by atoms with E-state index in [0.717, 1.165) is 0 Å². The van der Waals surface area contributed by atoms with E-state index in [-0.39, 0.29) is 28.8 Å². The summed E-state index contributed by atoms with van der Waals surface area (Å²) >= 11 is 1.38. The molecule has 1 fully saturated rings. The molecule has 0 radical (unpaired) electrons. The van der Waals surface area contributed by atoms with Crippen molar-refractivity contribution in [1.29, 1.82) is 0 Å². The van der Waals surface area contributed by atoms with Crippen LogP contribution in [0.2, 0.25) is 0 Å². The van der Waals surface area contributed by atoms with E-state index in [1.165, 1.54) is 48.7 Å². The molecule has 2 rings (SSSR count). The molecule has 2 aliphatic rings. The van der Waals surface area contributed by atoms with Crippen molar-refractivity contribution in [3.63, 3.8) is 0 Å². The minimum atomic E-state index is -1.16. The van der Waals surface area contributed by atoms with Crippen molar-refractivity contribution in [2.75, 3.05) is 19.7 Å². The van der Waals surface area contributed by atoms with Crippen molar-refractivity contribution >= 4 is 29.7 Å². The molecule has 4 N–H and O–H groups in total. The lowest BCUT2D eigenvalue weighted by molar-refractivity contribution is -0.146. The summed E-state index contributed by atoms with van der Waals surface area (Å²) in [5.74, 6) is -1.36. The quantitative estimate of drug-likeness (QED) is 0.460. The van der Waals surface area contributed by atoms with Gasteiger partial charge in [0.2, 0.25) is 5.91 Å². The van der Waals surface area contributed by atoms with E-state index in [1.54, 1.807) is 0 Å². The Bertz CT molecular complexity index is 494. The van der Waals surface area contributed by atoms with Crippen LogP contribution in [-0.4, -0.2) is 58.3 Å². The van der Waals surface area contributed by atoms with Crippen molar-refractivity contribution in [2.45, 2.75) is 43.7 Å². The molecule has 2 aliphatic heterocycles. The number of primary amides is 1. The number of amides is 2. The first-order valence-corrected chi connectivity index (χ1v) is 8.90. The molecule has 9 heteroatoms. The number of carbonyl (C=O) groups excluding carboxylic acids is 2. The Labute approximate surface area is 145 Å². The Morgan fingerprint density at radius 1 is 1.42 bits per heavy atom. The highest BCUT2D eigenvalue weighted by molar-refractivity contribution is 8.00. The molecule has 0 bridgehead atoms. The molecule has 1 unspecified atom stereocenters. The van der Waals surface area contributed by atoms with Crippen LogP contribution in [0.1, 0.15) is 33.1 Å². The number of ether oxygens (including phenoxy) is 1. The molecule has 0 aromatic rings. The summed E-state index contributed by atoms with van der Waals surface area (Å²) in [6.07, 6.45) is 3.31. The fourth-order valence-electron chi connectivity index (χ4n) is 2.19. The third-order valence-electron chi connectivity index (χ3n) is 3.30. The van der Waals surface area contributed by atoms with E-state index in [1.807, 2.05) is 0 Å². The fourth-order valence-corrected chi connectivity index (χ4v) is 3.54. The van der Waals surface area contributed by atoms with Gasteiger partial charge in [-0.3, -0.25) is 9.69 Å². The maximum absolute atomic E-state index is 11.3. The maximum Gasteiger partial charge on any atom is 0.404 e.